The monoisotopic (exact) mass is 372 g/mol. The highest BCUT2D eigenvalue weighted by Crippen LogP contribution is 2.35. The van der Waals surface area contributed by atoms with E-state index in [-0.39, 0.29) is 12.6 Å². The lowest BCUT2D eigenvalue weighted by Crippen LogP contribution is -2.45. The predicted octanol–water partition coefficient (Wildman–Crippen LogP) is 3.05. The molecule has 2 aromatic rings. The van der Waals surface area contributed by atoms with E-state index in [1.807, 2.05) is 31.0 Å². The van der Waals surface area contributed by atoms with Crippen molar-refractivity contribution in [3.05, 3.63) is 34.5 Å². The van der Waals surface area contributed by atoms with Crippen LogP contribution in [0.2, 0.25) is 5.02 Å². The van der Waals surface area contributed by atoms with Gasteiger partial charge >= 0.3 is 5.97 Å². The van der Waals surface area contributed by atoms with Crippen LogP contribution >= 0.6 is 11.6 Å². The van der Waals surface area contributed by atoms with Crippen LogP contribution in [0.3, 0.4) is 0 Å². The number of aliphatic carboxylic acids is 1. The molecule has 1 aliphatic rings. The molecule has 1 aromatic carbocycles. The second-order valence-electron chi connectivity index (χ2n) is 6.80. The van der Waals surface area contributed by atoms with Crippen LogP contribution < -0.4 is 4.90 Å². The Morgan fingerprint density at radius 3 is 2.77 bits per heavy atom. The molecule has 2 heterocycles. The van der Waals surface area contributed by atoms with Crippen molar-refractivity contribution in [3.8, 4) is 6.07 Å². The Labute approximate surface area is 157 Å². The van der Waals surface area contributed by atoms with Crippen molar-refractivity contribution in [2.45, 2.75) is 25.8 Å². The summed E-state index contributed by atoms with van der Waals surface area (Å²) in [4.78, 5) is 19.4. The number of nitriles is 1. The second kappa shape index (κ2) is 7.48. The highest BCUT2D eigenvalue weighted by molar-refractivity contribution is 6.35. The number of fused-ring (bicyclic) bond motifs is 1. The predicted molar refractivity (Wildman–Crippen MR) is 102 cm³/mol. The van der Waals surface area contributed by atoms with Gasteiger partial charge in [0.15, 0.2) is 0 Å². The third-order valence-corrected chi connectivity index (χ3v) is 5.24. The molecule has 3 rings (SSSR count). The Kier molecular flexibility index (Phi) is 5.30. The zero-order chi connectivity index (χ0) is 18.8. The zero-order valence-electron chi connectivity index (χ0n) is 14.9. The van der Waals surface area contributed by atoms with Crippen LogP contribution in [0.1, 0.15) is 24.0 Å². The SMILES string of the molecule is Cc1cc(Cl)c2ncc(C#N)c(N3CCC(N(C)CC(=O)O)CC3)c2c1. The maximum Gasteiger partial charge on any atom is 0.317 e. The number of benzene rings is 1. The molecule has 136 valence electrons. The van der Waals surface area contributed by atoms with E-state index in [9.17, 15) is 10.1 Å². The number of carboxylic acids is 1. The molecule has 1 aromatic heterocycles. The van der Waals surface area contributed by atoms with Crippen LogP contribution in [-0.2, 0) is 4.79 Å². The van der Waals surface area contributed by atoms with Crippen molar-refractivity contribution in [3.63, 3.8) is 0 Å². The molecule has 0 unspecified atom stereocenters. The number of halogens is 1. The van der Waals surface area contributed by atoms with Crippen LogP contribution in [0.4, 0.5) is 5.69 Å². The fourth-order valence-electron chi connectivity index (χ4n) is 3.68. The fraction of sp³-hybridized carbons (Fsp3) is 0.421. The minimum Gasteiger partial charge on any atom is -0.480 e. The molecule has 6 nitrogen and oxygen atoms in total. The molecule has 26 heavy (non-hydrogen) atoms. The Morgan fingerprint density at radius 2 is 2.15 bits per heavy atom. The van der Waals surface area contributed by atoms with Gasteiger partial charge in [-0.25, -0.2) is 0 Å². The summed E-state index contributed by atoms with van der Waals surface area (Å²) in [6.07, 6.45) is 3.28. The number of piperidine rings is 1. The third-order valence-electron chi connectivity index (χ3n) is 4.95. The normalized spacial score (nSPS) is 15.4. The van der Waals surface area contributed by atoms with Gasteiger partial charge in [-0.3, -0.25) is 14.7 Å². The molecule has 0 aliphatic carbocycles. The molecular formula is C19H21ClN4O2. The van der Waals surface area contributed by atoms with E-state index in [2.05, 4.69) is 16.0 Å². The van der Waals surface area contributed by atoms with Crippen molar-refractivity contribution < 1.29 is 9.90 Å². The summed E-state index contributed by atoms with van der Waals surface area (Å²) >= 11 is 6.36. The average Bonchev–Trinajstić information content (AvgIpc) is 2.60. The summed E-state index contributed by atoms with van der Waals surface area (Å²) in [5.41, 5.74) is 3.15. The number of carbonyl (C=O) groups is 1. The Morgan fingerprint density at radius 1 is 1.46 bits per heavy atom. The molecule has 1 N–H and O–H groups in total. The Balaban J connectivity index is 1.92. The quantitative estimate of drug-likeness (QED) is 0.888. The van der Waals surface area contributed by atoms with Crippen LogP contribution in [0, 0.1) is 18.3 Å². The van der Waals surface area contributed by atoms with E-state index < -0.39 is 5.97 Å². The minimum atomic E-state index is -0.813. The highest BCUT2D eigenvalue weighted by atomic mass is 35.5. The van der Waals surface area contributed by atoms with E-state index in [1.54, 1.807) is 6.20 Å². The summed E-state index contributed by atoms with van der Waals surface area (Å²) in [7, 11) is 1.85. The topological polar surface area (TPSA) is 80.5 Å². The van der Waals surface area contributed by atoms with Gasteiger partial charge in [-0.2, -0.15) is 5.26 Å². The van der Waals surface area contributed by atoms with Crippen molar-refractivity contribution in [2.24, 2.45) is 0 Å². The van der Waals surface area contributed by atoms with Crippen molar-refractivity contribution in [2.75, 3.05) is 31.6 Å². The van der Waals surface area contributed by atoms with Gasteiger partial charge in [-0.15, -0.1) is 0 Å². The van der Waals surface area contributed by atoms with Crippen molar-refractivity contribution in [1.82, 2.24) is 9.88 Å². The van der Waals surface area contributed by atoms with Crippen LogP contribution in [0.5, 0.6) is 0 Å². The number of rotatable bonds is 4. The zero-order valence-corrected chi connectivity index (χ0v) is 15.6. The first-order valence-corrected chi connectivity index (χ1v) is 8.94. The molecule has 1 aliphatic heterocycles. The summed E-state index contributed by atoms with van der Waals surface area (Å²) < 4.78 is 0. The molecule has 7 heteroatoms. The summed E-state index contributed by atoms with van der Waals surface area (Å²) in [5.74, 6) is -0.813. The van der Waals surface area contributed by atoms with Crippen LogP contribution in [0.15, 0.2) is 18.3 Å². The van der Waals surface area contributed by atoms with Gasteiger partial charge in [-0.1, -0.05) is 11.6 Å². The van der Waals surface area contributed by atoms with Gasteiger partial charge in [0.05, 0.1) is 28.3 Å². The third kappa shape index (κ3) is 3.59. The van der Waals surface area contributed by atoms with Crippen molar-refractivity contribution >= 4 is 34.2 Å². The standard InChI is InChI=1S/C19H21ClN4O2/c1-12-7-15-18(16(20)8-12)22-10-13(9-21)19(15)24-5-3-14(4-6-24)23(2)11-17(25)26/h7-8,10,14H,3-6,11H2,1-2H3,(H,25,26). The minimum absolute atomic E-state index is 0.0428. The summed E-state index contributed by atoms with van der Waals surface area (Å²) in [6, 6.07) is 6.37. The maximum atomic E-state index is 10.9. The van der Waals surface area contributed by atoms with E-state index in [0.717, 1.165) is 42.6 Å². The first-order valence-electron chi connectivity index (χ1n) is 8.56. The number of carboxylic acid groups (broad SMARTS) is 1. The molecule has 0 bridgehead atoms. The molecule has 0 spiro atoms. The molecule has 0 radical (unpaired) electrons. The number of aromatic nitrogens is 1. The molecule has 1 saturated heterocycles. The van der Waals surface area contributed by atoms with Crippen LogP contribution in [-0.4, -0.2) is 53.7 Å². The van der Waals surface area contributed by atoms with Crippen LogP contribution in [0.25, 0.3) is 10.9 Å². The van der Waals surface area contributed by atoms with Gasteiger partial charge in [0.2, 0.25) is 0 Å². The lowest BCUT2D eigenvalue weighted by Gasteiger charge is -2.38. The molecule has 0 saturated carbocycles. The maximum absolute atomic E-state index is 10.9. The first-order chi connectivity index (χ1) is 12.4. The van der Waals surface area contributed by atoms with Gasteiger partial charge in [-0.05, 0) is 44.5 Å². The summed E-state index contributed by atoms with van der Waals surface area (Å²) in [6.45, 7) is 3.53. The van der Waals surface area contributed by atoms with E-state index in [4.69, 9.17) is 16.7 Å². The lowest BCUT2D eigenvalue weighted by molar-refractivity contribution is -0.138. The Hall–Kier alpha value is -2.36. The second-order valence-corrected chi connectivity index (χ2v) is 7.21. The molecule has 0 amide bonds. The van der Waals surface area contributed by atoms with Gasteiger partial charge in [0, 0.05) is 30.7 Å². The molecule has 0 atom stereocenters. The van der Waals surface area contributed by atoms with Gasteiger partial charge in [0.1, 0.15) is 6.07 Å². The lowest BCUT2D eigenvalue weighted by atomic mass is 10.00. The van der Waals surface area contributed by atoms with E-state index in [1.165, 1.54) is 0 Å². The number of hydrogen-bond acceptors (Lipinski definition) is 5. The number of nitrogens with zero attached hydrogens (tertiary/aromatic N) is 4. The number of likely N-dealkylation sites (N-methyl/N-ethyl adjacent to an activating group) is 1. The van der Waals surface area contributed by atoms with Crippen molar-refractivity contribution in [1.29, 1.82) is 5.26 Å². The van der Waals surface area contributed by atoms with Gasteiger partial charge < -0.3 is 10.0 Å². The summed E-state index contributed by atoms with van der Waals surface area (Å²) in [5, 5.41) is 20.0. The molecule has 1 fully saturated rings. The largest absolute Gasteiger partial charge is 0.480 e. The molecular weight excluding hydrogens is 352 g/mol. The number of hydrogen-bond donors (Lipinski definition) is 1. The average molecular weight is 373 g/mol. The van der Waals surface area contributed by atoms with Gasteiger partial charge in [0.25, 0.3) is 0 Å². The highest BCUT2D eigenvalue weighted by Gasteiger charge is 2.26. The first kappa shape index (κ1) is 18.4. The number of aryl methyl sites for hydroxylation is 1. The van der Waals surface area contributed by atoms with E-state index >= 15 is 0 Å². The number of anilines is 1. The van der Waals surface area contributed by atoms with E-state index in [0.29, 0.717) is 16.1 Å². The smallest absolute Gasteiger partial charge is 0.317 e. The number of pyridine rings is 1. The Bertz CT molecular complexity index is 885. The fourth-order valence-corrected chi connectivity index (χ4v) is 4.00.